The number of guanidine groups is 1. The van der Waals surface area contributed by atoms with Crippen LogP contribution in [0.1, 0.15) is 12.0 Å². The van der Waals surface area contributed by atoms with Crippen molar-refractivity contribution in [1.29, 1.82) is 0 Å². The van der Waals surface area contributed by atoms with Gasteiger partial charge in [0.25, 0.3) is 0 Å². The van der Waals surface area contributed by atoms with Crippen LogP contribution in [0.25, 0.3) is 0 Å². The lowest BCUT2D eigenvalue weighted by Gasteiger charge is -2.16. The first-order valence-electron chi connectivity index (χ1n) is 9.68. The average molecular weight is 588 g/mol. The van der Waals surface area contributed by atoms with E-state index < -0.39 is 56.0 Å². The van der Waals surface area contributed by atoms with Crippen LogP contribution in [0.4, 0.5) is 0 Å². The molecule has 0 saturated carbocycles. The van der Waals surface area contributed by atoms with Gasteiger partial charge in [0, 0.05) is 18.9 Å². The number of rotatable bonds is 11. The molecular formula is C19H26ClN3O10S3. The molecule has 17 heteroatoms. The molecule has 202 valence electrons. The molecule has 0 radical (unpaired) electrons. The van der Waals surface area contributed by atoms with Gasteiger partial charge < -0.3 is 30.3 Å². The second kappa shape index (κ2) is 11.9. The van der Waals surface area contributed by atoms with E-state index in [9.17, 15) is 30.4 Å². The van der Waals surface area contributed by atoms with Crippen LogP contribution < -0.4 is 20.4 Å². The standard InChI is InChI=1S/C19H25N3O10S3.ClH/c1-12-9-14(23)18(30-7-4-8-31-22-19(20)21)15(10-12)32-35(28,29)16-6-5-13(33(2,24)25)11-17(16)34(3,26)27;/h5-6,9-11,23H,4,7-8H2,1-3H3,(H4,20,21,22);1H. The second-order valence-corrected chi connectivity index (χ2v) is 12.9. The Morgan fingerprint density at radius 3 is 2.14 bits per heavy atom. The molecule has 0 spiro atoms. The van der Waals surface area contributed by atoms with E-state index in [2.05, 4.69) is 5.16 Å². The number of aryl methyl sites for hydroxylation is 1. The number of nitrogens with two attached hydrogens (primary N) is 2. The molecule has 2 aromatic rings. The Balaban J connectivity index is 0.00000648. The van der Waals surface area contributed by atoms with Gasteiger partial charge in [0.1, 0.15) is 11.5 Å². The third-order valence-electron chi connectivity index (χ3n) is 4.19. The minimum Gasteiger partial charge on any atom is -0.504 e. The van der Waals surface area contributed by atoms with Crippen LogP contribution >= 0.6 is 12.4 Å². The van der Waals surface area contributed by atoms with Crippen LogP contribution in [0.5, 0.6) is 17.2 Å². The van der Waals surface area contributed by atoms with Crippen LogP contribution in [-0.4, -0.2) is 62.0 Å². The zero-order valence-electron chi connectivity index (χ0n) is 19.4. The maximum Gasteiger partial charge on any atom is 0.340 e. The Labute approximate surface area is 215 Å². The molecule has 2 aromatic carbocycles. The summed E-state index contributed by atoms with van der Waals surface area (Å²) in [4.78, 5) is 2.85. The maximum atomic E-state index is 13.1. The van der Waals surface area contributed by atoms with Crippen molar-refractivity contribution in [3.05, 3.63) is 35.9 Å². The average Bonchev–Trinajstić information content (AvgIpc) is 2.69. The number of ether oxygens (including phenoxy) is 1. The smallest absolute Gasteiger partial charge is 0.340 e. The number of oxime groups is 1. The maximum absolute atomic E-state index is 13.1. The SMILES string of the molecule is Cc1cc(O)c(OCCCON=C(N)N)c(OS(=O)(=O)c2ccc(S(C)(=O)=O)cc2S(C)(=O)=O)c1.Cl. The molecule has 0 fully saturated rings. The summed E-state index contributed by atoms with van der Waals surface area (Å²) in [5.74, 6) is -1.45. The summed E-state index contributed by atoms with van der Waals surface area (Å²) in [5, 5.41) is 13.6. The van der Waals surface area contributed by atoms with Crippen LogP contribution in [0.2, 0.25) is 0 Å². The highest BCUT2D eigenvalue weighted by Gasteiger charge is 2.29. The van der Waals surface area contributed by atoms with Gasteiger partial charge in [-0.25, -0.2) is 16.8 Å². The molecule has 5 N–H and O–H groups in total. The van der Waals surface area contributed by atoms with Gasteiger partial charge >= 0.3 is 10.1 Å². The molecule has 0 saturated heterocycles. The first-order chi connectivity index (χ1) is 16.0. The Bertz CT molecular complexity index is 1450. The fourth-order valence-electron chi connectivity index (χ4n) is 2.72. The third kappa shape index (κ3) is 8.32. The molecule has 13 nitrogen and oxygen atoms in total. The highest BCUT2D eigenvalue weighted by molar-refractivity contribution is 7.92. The Kier molecular flexibility index (Phi) is 10.2. The first-order valence-corrected chi connectivity index (χ1v) is 14.9. The van der Waals surface area contributed by atoms with Crippen LogP contribution in [0.15, 0.2) is 50.2 Å². The monoisotopic (exact) mass is 587 g/mol. The van der Waals surface area contributed by atoms with Crippen molar-refractivity contribution < 1.29 is 44.1 Å². The van der Waals surface area contributed by atoms with Crippen LogP contribution in [0.3, 0.4) is 0 Å². The van der Waals surface area contributed by atoms with Gasteiger partial charge in [-0.05, 0) is 48.0 Å². The molecular weight excluding hydrogens is 562 g/mol. The number of aromatic hydroxyl groups is 1. The molecule has 0 aromatic heterocycles. The lowest BCUT2D eigenvalue weighted by atomic mass is 10.2. The number of halogens is 1. The first kappa shape index (κ1) is 31.1. The molecule has 36 heavy (non-hydrogen) atoms. The summed E-state index contributed by atoms with van der Waals surface area (Å²) < 4.78 is 84.9. The molecule has 0 bridgehead atoms. The van der Waals surface area contributed by atoms with Crippen molar-refractivity contribution in [2.75, 3.05) is 25.7 Å². The van der Waals surface area contributed by atoms with E-state index in [1.54, 1.807) is 6.92 Å². The summed E-state index contributed by atoms with van der Waals surface area (Å²) >= 11 is 0. The lowest BCUT2D eigenvalue weighted by molar-refractivity contribution is 0.126. The minimum absolute atomic E-state index is 0. The molecule has 0 amide bonds. The zero-order valence-corrected chi connectivity index (χ0v) is 22.6. The summed E-state index contributed by atoms with van der Waals surface area (Å²) in [6, 6.07) is 5.06. The predicted molar refractivity (Wildman–Crippen MR) is 132 cm³/mol. The number of phenolic OH excluding ortho intramolecular Hbond substituents is 1. The molecule has 0 aliphatic heterocycles. The normalized spacial score (nSPS) is 11.8. The van der Waals surface area contributed by atoms with Crippen molar-refractivity contribution in [1.82, 2.24) is 0 Å². The van der Waals surface area contributed by atoms with Crippen molar-refractivity contribution in [3.8, 4) is 17.2 Å². The lowest BCUT2D eigenvalue weighted by Crippen LogP contribution is -2.23. The van der Waals surface area contributed by atoms with E-state index in [4.69, 9.17) is 25.2 Å². The van der Waals surface area contributed by atoms with Gasteiger partial charge in [0.05, 0.1) is 16.4 Å². The van der Waals surface area contributed by atoms with E-state index >= 15 is 0 Å². The predicted octanol–water partition coefficient (Wildman–Crippen LogP) is 0.671. The Morgan fingerprint density at radius 2 is 1.58 bits per heavy atom. The van der Waals surface area contributed by atoms with Gasteiger partial charge in [0.15, 0.2) is 31.2 Å². The summed E-state index contributed by atoms with van der Waals surface area (Å²) in [5.41, 5.74) is 10.7. The zero-order chi connectivity index (χ0) is 26.6. The van der Waals surface area contributed by atoms with Crippen molar-refractivity contribution >= 4 is 48.2 Å². The quantitative estimate of drug-likeness (QED) is 0.109. The number of sulfone groups is 2. The Hall–Kier alpha value is -2.95. The van der Waals surface area contributed by atoms with Crippen molar-refractivity contribution in [2.45, 2.75) is 28.0 Å². The van der Waals surface area contributed by atoms with Crippen molar-refractivity contribution in [3.63, 3.8) is 0 Å². The van der Waals surface area contributed by atoms with E-state index in [0.29, 0.717) is 5.56 Å². The fraction of sp³-hybridized carbons (Fsp3) is 0.316. The molecule has 2 rings (SSSR count). The number of benzene rings is 2. The Morgan fingerprint density at radius 1 is 0.944 bits per heavy atom. The molecule has 0 atom stereocenters. The second-order valence-electron chi connectivity index (χ2n) is 7.35. The van der Waals surface area contributed by atoms with Gasteiger partial charge in [-0.1, -0.05) is 0 Å². The fourth-order valence-corrected chi connectivity index (χ4v) is 5.97. The van der Waals surface area contributed by atoms with Crippen molar-refractivity contribution in [2.24, 2.45) is 16.6 Å². The van der Waals surface area contributed by atoms with Gasteiger partial charge in [-0.15, -0.1) is 12.4 Å². The van der Waals surface area contributed by atoms with Gasteiger partial charge in [0.2, 0.25) is 11.7 Å². The molecule has 0 aliphatic carbocycles. The third-order valence-corrected chi connectivity index (χ3v) is 7.86. The number of hydrogen-bond donors (Lipinski definition) is 3. The number of phenols is 1. The minimum atomic E-state index is -4.83. The molecule has 0 unspecified atom stereocenters. The van der Waals surface area contributed by atoms with E-state index in [1.165, 1.54) is 12.1 Å². The highest BCUT2D eigenvalue weighted by Crippen LogP contribution is 2.40. The highest BCUT2D eigenvalue weighted by atomic mass is 35.5. The summed E-state index contributed by atoms with van der Waals surface area (Å²) in [7, 11) is -12.9. The van der Waals surface area contributed by atoms with E-state index in [1.807, 2.05) is 0 Å². The van der Waals surface area contributed by atoms with Crippen LogP contribution in [-0.2, 0) is 34.6 Å². The number of hydrogen-bond acceptors (Lipinski definition) is 11. The number of nitrogens with zero attached hydrogens (tertiary/aromatic N) is 1. The summed E-state index contributed by atoms with van der Waals surface area (Å²) in [6.07, 6.45) is 1.81. The van der Waals surface area contributed by atoms with Gasteiger partial charge in [-0.2, -0.15) is 8.42 Å². The molecule has 0 heterocycles. The van der Waals surface area contributed by atoms with E-state index in [-0.39, 0.29) is 43.8 Å². The molecule has 0 aliphatic rings. The topological polar surface area (TPSA) is 215 Å². The summed E-state index contributed by atoms with van der Waals surface area (Å²) in [6.45, 7) is 1.53. The van der Waals surface area contributed by atoms with Gasteiger partial charge in [-0.3, -0.25) is 0 Å². The largest absolute Gasteiger partial charge is 0.504 e. The van der Waals surface area contributed by atoms with E-state index in [0.717, 1.165) is 30.7 Å². The van der Waals surface area contributed by atoms with Crippen LogP contribution in [0, 0.1) is 6.92 Å².